The summed E-state index contributed by atoms with van der Waals surface area (Å²) in [5.74, 6) is 0.479. The number of nitriles is 1. The third-order valence-corrected chi connectivity index (χ3v) is 3.68. The van der Waals surface area contributed by atoms with Crippen LogP contribution in [0.25, 0.3) is 11.6 Å². The molecule has 0 amide bonds. The van der Waals surface area contributed by atoms with E-state index in [9.17, 15) is 28.5 Å². The number of allylic oxidation sites excluding steroid dienone is 1. The van der Waals surface area contributed by atoms with E-state index in [-0.39, 0.29) is 47.2 Å². The minimum Gasteiger partial charge on any atom is -0.486 e. The van der Waals surface area contributed by atoms with Gasteiger partial charge in [0.2, 0.25) is 0 Å². The zero-order valence-corrected chi connectivity index (χ0v) is 13.5. The Kier molecular flexibility index (Phi) is 4.68. The van der Waals surface area contributed by atoms with Crippen molar-refractivity contribution in [1.82, 2.24) is 4.98 Å². The van der Waals surface area contributed by atoms with E-state index in [2.05, 4.69) is 4.98 Å². The van der Waals surface area contributed by atoms with E-state index in [1.807, 2.05) is 0 Å². The van der Waals surface area contributed by atoms with Crippen molar-refractivity contribution in [1.29, 1.82) is 5.26 Å². The van der Waals surface area contributed by atoms with E-state index in [1.165, 1.54) is 18.2 Å². The highest BCUT2D eigenvalue weighted by Crippen LogP contribution is 2.38. The largest absolute Gasteiger partial charge is 0.486 e. The topological polar surface area (TPSA) is 98.3 Å². The molecule has 2 heterocycles. The number of alkyl halides is 3. The van der Waals surface area contributed by atoms with E-state index in [1.54, 1.807) is 6.07 Å². The standard InChI is InChI=1S/C17H10F3N3O4/c18-17(19,20)12-1-2-13(22-9-12)11(8-21)5-10-6-15-16(27-4-3-26-15)7-14(10)23(24)25/h1-2,5-7,9H,3-4H2/b11-5-. The molecule has 1 aliphatic heterocycles. The van der Waals surface area contributed by atoms with Crippen LogP contribution in [0, 0.1) is 21.4 Å². The van der Waals surface area contributed by atoms with Gasteiger partial charge in [-0.1, -0.05) is 0 Å². The molecular weight excluding hydrogens is 367 g/mol. The number of rotatable bonds is 3. The molecule has 0 saturated carbocycles. The number of nitro benzene ring substituents is 1. The summed E-state index contributed by atoms with van der Waals surface area (Å²) in [6.07, 6.45) is -2.79. The average molecular weight is 377 g/mol. The Bertz CT molecular complexity index is 963. The van der Waals surface area contributed by atoms with Crippen molar-refractivity contribution in [2.24, 2.45) is 0 Å². The van der Waals surface area contributed by atoms with Gasteiger partial charge in [-0.05, 0) is 24.3 Å². The fourth-order valence-electron chi connectivity index (χ4n) is 2.41. The van der Waals surface area contributed by atoms with Gasteiger partial charge in [-0.2, -0.15) is 18.4 Å². The van der Waals surface area contributed by atoms with Crippen LogP contribution in [0.5, 0.6) is 11.5 Å². The first-order valence-corrected chi connectivity index (χ1v) is 7.53. The second-order valence-corrected chi connectivity index (χ2v) is 5.41. The van der Waals surface area contributed by atoms with Crippen molar-refractivity contribution in [2.75, 3.05) is 13.2 Å². The van der Waals surface area contributed by atoms with E-state index in [0.717, 1.165) is 12.1 Å². The van der Waals surface area contributed by atoms with Gasteiger partial charge >= 0.3 is 6.18 Å². The Morgan fingerprint density at radius 3 is 2.44 bits per heavy atom. The predicted molar refractivity (Wildman–Crippen MR) is 86.8 cm³/mol. The molecule has 0 unspecified atom stereocenters. The predicted octanol–water partition coefficient (Wildman–Crippen LogP) is 3.84. The molecule has 0 radical (unpaired) electrons. The van der Waals surface area contributed by atoms with Gasteiger partial charge in [0.15, 0.2) is 11.5 Å². The average Bonchev–Trinajstić information content (AvgIpc) is 2.64. The summed E-state index contributed by atoms with van der Waals surface area (Å²) in [7, 11) is 0. The molecular formula is C17H10F3N3O4. The molecule has 1 aromatic heterocycles. The van der Waals surface area contributed by atoms with Gasteiger partial charge in [0, 0.05) is 6.20 Å². The number of halogens is 3. The third-order valence-electron chi connectivity index (χ3n) is 3.68. The van der Waals surface area contributed by atoms with Crippen molar-refractivity contribution in [3.63, 3.8) is 0 Å². The zero-order chi connectivity index (χ0) is 19.6. The summed E-state index contributed by atoms with van der Waals surface area (Å²) >= 11 is 0. The number of hydrogen-bond donors (Lipinski definition) is 0. The number of nitro groups is 1. The summed E-state index contributed by atoms with van der Waals surface area (Å²) in [6.45, 7) is 0.512. The number of benzene rings is 1. The van der Waals surface area contributed by atoms with Crippen LogP contribution in [0.2, 0.25) is 0 Å². The van der Waals surface area contributed by atoms with Gasteiger partial charge in [0.1, 0.15) is 19.3 Å². The maximum atomic E-state index is 12.6. The van der Waals surface area contributed by atoms with Gasteiger partial charge < -0.3 is 9.47 Å². The number of fused-ring (bicyclic) bond motifs is 1. The molecule has 0 N–H and O–H groups in total. The molecule has 1 aliphatic rings. The van der Waals surface area contributed by atoms with Crippen molar-refractivity contribution in [2.45, 2.75) is 6.18 Å². The molecule has 27 heavy (non-hydrogen) atoms. The van der Waals surface area contributed by atoms with Gasteiger partial charge in [-0.25, -0.2) is 0 Å². The van der Waals surface area contributed by atoms with Crippen LogP contribution in [0.1, 0.15) is 16.8 Å². The Hall–Kier alpha value is -3.61. The fraction of sp³-hybridized carbons (Fsp3) is 0.176. The van der Waals surface area contributed by atoms with Crippen molar-refractivity contribution in [3.8, 4) is 17.6 Å². The number of ether oxygens (including phenoxy) is 2. The maximum Gasteiger partial charge on any atom is 0.417 e. The van der Waals surface area contributed by atoms with E-state index in [0.29, 0.717) is 6.20 Å². The van der Waals surface area contributed by atoms with Crippen LogP contribution >= 0.6 is 0 Å². The summed E-state index contributed by atoms with van der Waals surface area (Å²) < 4.78 is 48.6. The summed E-state index contributed by atoms with van der Waals surface area (Å²) in [4.78, 5) is 14.3. The molecule has 2 aromatic rings. The molecule has 7 nitrogen and oxygen atoms in total. The first-order chi connectivity index (χ1) is 12.8. The van der Waals surface area contributed by atoms with Crippen molar-refractivity contribution in [3.05, 3.63) is 57.4 Å². The van der Waals surface area contributed by atoms with Crippen LogP contribution in [0.15, 0.2) is 30.5 Å². The quantitative estimate of drug-likeness (QED) is 0.458. The normalized spacial score (nSPS) is 13.8. The van der Waals surface area contributed by atoms with E-state index >= 15 is 0 Å². The van der Waals surface area contributed by atoms with Gasteiger partial charge in [0.25, 0.3) is 5.69 Å². The Labute approximate surface area is 150 Å². The lowest BCUT2D eigenvalue weighted by Crippen LogP contribution is -2.15. The number of nitrogens with zero attached hydrogens (tertiary/aromatic N) is 3. The van der Waals surface area contributed by atoms with Crippen LogP contribution < -0.4 is 9.47 Å². The number of hydrogen-bond acceptors (Lipinski definition) is 6. The minimum absolute atomic E-state index is 0.0440. The Balaban J connectivity index is 2.05. The van der Waals surface area contributed by atoms with Crippen molar-refractivity contribution >= 4 is 17.3 Å². The highest BCUT2D eigenvalue weighted by Gasteiger charge is 2.30. The molecule has 0 bridgehead atoms. The fourth-order valence-corrected chi connectivity index (χ4v) is 2.41. The van der Waals surface area contributed by atoms with E-state index in [4.69, 9.17) is 9.47 Å². The van der Waals surface area contributed by atoms with Gasteiger partial charge in [-0.15, -0.1) is 0 Å². The van der Waals surface area contributed by atoms with Crippen LogP contribution in [0.3, 0.4) is 0 Å². The SMILES string of the molecule is N#C/C(=C/c1cc2c(cc1[N+](=O)[O-])OCCO2)c1ccc(C(F)(F)F)cn1. The third kappa shape index (κ3) is 3.82. The monoisotopic (exact) mass is 377 g/mol. The molecule has 10 heteroatoms. The molecule has 1 aromatic carbocycles. The van der Waals surface area contributed by atoms with Crippen LogP contribution in [-0.2, 0) is 6.18 Å². The first kappa shape index (κ1) is 18.2. The Morgan fingerprint density at radius 1 is 1.26 bits per heavy atom. The Morgan fingerprint density at radius 2 is 1.93 bits per heavy atom. The lowest BCUT2D eigenvalue weighted by molar-refractivity contribution is -0.385. The minimum atomic E-state index is -4.56. The lowest BCUT2D eigenvalue weighted by Gasteiger charge is -2.18. The van der Waals surface area contributed by atoms with Gasteiger partial charge in [-0.3, -0.25) is 15.1 Å². The summed E-state index contributed by atoms with van der Waals surface area (Å²) in [5, 5.41) is 20.7. The highest BCUT2D eigenvalue weighted by molar-refractivity contribution is 5.90. The maximum absolute atomic E-state index is 12.6. The zero-order valence-electron chi connectivity index (χ0n) is 13.5. The molecule has 0 fully saturated rings. The van der Waals surface area contributed by atoms with Gasteiger partial charge in [0.05, 0.1) is 33.4 Å². The first-order valence-electron chi connectivity index (χ1n) is 7.53. The molecule has 0 saturated heterocycles. The highest BCUT2D eigenvalue weighted by atomic mass is 19.4. The summed E-state index contributed by atoms with van der Waals surface area (Å²) in [6, 6.07) is 6.12. The van der Waals surface area contributed by atoms with E-state index < -0.39 is 16.7 Å². The molecule has 138 valence electrons. The molecule has 0 aliphatic carbocycles. The summed E-state index contributed by atoms with van der Waals surface area (Å²) in [5.41, 5.74) is -1.44. The molecule has 3 rings (SSSR count). The molecule has 0 spiro atoms. The number of pyridine rings is 1. The number of aromatic nitrogens is 1. The smallest absolute Gasteiger partial charge is 0.417 e. The second-order valence-electron chi connectivity index (χ2n) is 5.41. The second kappa shape index (κ2) is 6.95. The van der Waals surface area contributed by atoms with Crippen molar-refractivity contribution < 1.29 is 27.6 Å². The lowest BCUT2D eigenvalue weighted by atomic mass is 10.1. The molecule has 0 atom stereocenters. The van der Waals surface area contributed by atoms with Crippen LogP contribution in [0.4, 0.5) is 18.9 Å². The van der Waals surface area contributed by atoms with Crippen LogP contribution in [-0.4, -0.2) is 23.1 Å².